The van der Waals surface area contributed by atoms with Gasteiger partial charge in [0.05, 0.1) is 18.2 Å². The van der Waals surface area contributed by atoms with Crippen LogP contribution in [0.3, 0.4) is 0 Å². The van der Waals surface area contributed by atoms with E-state index < -0.39 is 6.10 Å². The van der Waals surface area contributed by atoms with E-state index in [0.29, 0.717) is 31.0 Å². The molecule has 0 unspecified atom stereocenters. The van der Waals surface area contributed by atoms with Crippen LogP contribution in [0.5, 0.6) is 5.75 Å². The summed E-state index contributed by atoms with van der Waals surface area (Å²) in [5.41, 5.74) is 4.51. The van der Waals surface area contributed by atoms with Crippen LogP contribution in [0, 0.1) is 0 Å². The van der Waals surface area contributed by atoms with Crippen molar-refractivity contribution in [3.63, 3.8) is 0 Å². The Morgan fingerprint density at radius 2 is 1.69 bits per heavy atom. The third-order valence-corrected chi connectivity index (χ3v) is 6.75. The molecule has 0 saturated heterocycles. The zero-order valence-electron chi connectivity index (χ0n) is 19.8. The van der Waals surface area contributed by atoms with Crippen LogP contribution in [-0.2, 0) is 24.2 Å². The number of aliphatic hydroxyl groups is 1. The Balaban J connectivity index is 1.37. The van der Waals surface area contributed by atoms with Crippen molar-refractivity contribution in [2.24, 2.45) is 0 Å². The number of hydrogen-bond donors (Lipinski definition) is 3. The number of ether oxygens (including phenoxy) is 2. The highest BCUT2D eigenvalue weighted by molar-refractivity contribution is 5.87. The molecule has 0 fully saturated rings. The minimum atomic E-state index is -0.774. The second kappa shape index (κ2) is 10.0. The Morgan fingerprint density at radius 1 is 0.971 bits per heavy atom. The maximum atomic E-state index is 12.1. The molecule has 0 radical (unpaired) electrons. The number of hydrogen-bond acceptors (Lipinski definition) is 5. The molecular weight excluding hydrogens is 440 g/mol. The van der Waals surface area contributed by atoms with E-state index in [0.717, 1.165) is 29.4 Å². The van der Waals surface area contributed by atoms with Crippen LogP contribution in [0.1, 0.15) is 28.4 Å². The van der Waals surface area contributed by atoms with Crippen LogP contribution in [0.2, 0.25) is 0 Å². The highest BCUT2D eigenvalue weighted by Crippen LogP contribution is 2.33. The Kier molecular flexibility index (Phi) is 6.68. The fraction of sp³-hybridized carbons (Fsp3) is 0.276. The predicted molar refractivity (Wildman–Crippen MR) is 137 cm³/mol. The Hall–Kier alpha value is -3.45. The van der Waals surface area contributed by atoms with E-state index in [1.165, 1.54) is 17.2 Å². The van der Waals surface area contributed by atoms with Crippen molar-refractivity contribution in [2.45, 2.75) is 31.1 Å². The zero-order valence-corrected chi connectivity index (χ0v) is 19.8. The number of nitrogens with one attached hydrogen (secondary N) is 2. The summed E-state index contributed by atoms with van der Waals surface area (Å²) in [6.45, 7) is 1.29. The molecule has 0 spiro atoms. The smallest absolute Gasteiger partial charge is 0.248 e. The van der Waals surface area contributed by atoms with Crippen molar-refractivity contribution < 1.29 is 14.6 Å². The average Bonchev–Trinajstić information content (AvgIpc) is 3.25. The number of aromatic amines is 1. The largest absolute Gasteiger partial charge is 0.487 e. The molecule has 6 heteroatoms. The maximum absolute atomic E-state index is 12.1. The van der Waals surface area contributed by atoms with Crippen molar-refractivity contribution in [3.05, 3.63) is 111 Å². The van der Waals surface area contributed by atoms with E-state index in [-0.39, 0.29) is 11.1 Å². The van der Waals surface area contributed by atoms with Crippen LogP contribution in [0.25, 0.3) is 10.9 Å². The lowest BCUT2D eigenvalue weighted by Gasteiger charge is -2.31. The average molecular weight is 471 g/mol. The van der Waals surface area contributed by atoms with E-state index in [1.807, 2.05) is 42.5 Å². The topological polar surface area (TPSA) is 83.6 Å². The maximum Gasteiger partial charge on any atom is 0.248 e. The molecule has 3 N–H and O–H groups in total. The molecule has 1 aromatic heterocycles. The molecule has 3 aromatic carbocycles. The van der Waals surface area contributed by atoms with Crippen LogP contribution in [0.4, 0.5) is 0 Å². The van der Waals surface area contributed by atoms with Gasteiger partial charge in [0.15, 0.2) is 0 Å². The minimum absolute atomic E-state index is 0.213. The monoisotopic (exact) mass is 470 g/mol. The number of H-pyrrole nitrogens is 1. The first-order chi connectivity index (χ1) is 17.1. The first-order valence-corrected chi connectivity index (χ1v) is 11.9. The number of aromatic nitrogens is 1. The molecule has 1 heterocycles. The molecule has 5 rings (SSSR count). The third kappa shape index (κ3) is 5.00. The molecule has 0 amide bonds. The molecule has 180 valence electrons. The third-order valence-electron chi connectivity index (χ3n) is 6.75. The number of pyridine rings is 1. The highest BCUT2D eigenvalue weighted by atomic mass is 16.5. The molecule has 1 atom stereocenters. The van der Waals surface area contributed by atoms with Gasteiger partial charge in [-0.1, -0.05) is 60.7 Å². The van der Waals surface area contributed by atoms with Crippen LogP contribution >= 0.6 is 0 Å². The molecule has 1 aliphatic carbocycles. The molecule has 0 aliphatic heterocycles. The Morgan fingerprint density at radius 3 is 2.40 bits per heavy atom. The van der Waals surface area contributed by atoms with E-state index in [2.05, 4.69) is 34.6 Å². The van der Waals surface area contributed by atoms with Gasteiger partial charge in [-0.2, -0.15) is 0 Å². The summed E-state index contributed by atoms with van der Waals surface area (Å²) >= 11 is 0. The van der Waals surface area contributed by atoms with Gasteiger partial charge in [0, 0.05) is 30.6 Å². The summed E-state index contributed by atoms with van der Waals surface area (Å²) in [5, 5.41) is 15.6. The molecule has 1 aliphatic rings. The zero-order chi connectivity index (χ0) is 24.3. The van der Waals surface area contributed by atoms with E-state index in [1.54, 1.807) is 13.2 Å². The van der Waals surface area contributed by atoms with Crippen LogP contribution in [-0.4, -0.2) is 35.9 Å². The summed E-state index contributed by atoms with van der Waals surface area (Å²) in [5.74, 6) is 0.576. The van der Waals surface area contributed by atoms with E-state index in [9.17, 15) is 9.90 Å². The Labute approximate surface area is 204 Å². The second-order valence-electron chi connectivity index (χ2n) is 9.27. The van der Waals surface area contributed by atoms with E-state index in [4.69, 9.17) is 9.47 Å². The van der Waals surface area contributed by atoms with Gasteiger partial charge in [-0.15, -0.1) is 0 Å². The van der Waals surface area contributed by atoms with Crippen molar-refractivity contribution in [2.75, 3.05) is 20.3 Å². The van der Waals surface area contributed by atoms with Gasteiger partial charge in [-0.25, -0.2) is 0 Å². The minimum Gasteiger partial charge on any atom is -0.487 e. The van der Waals surface area contributed by atoms with E-state index >= 15 is 0 Å². The standard InChI is InChI=1S/C29H30N2O4/c1-34-19-29(15-21-9-5-6-10-22(21)16-29)30-17-25(32)23-11-13-26(28-24(23)12-14-27(33)31-28)35-18-20-7-3-2-4-8-20/h2-14,25,30,32H,15-19H2,1H3,(H,31,33)/t25-/m0/s1. The van der Waals surface area contributed by atoms with Crippen LogP contribution < -0.4 is 15.6 Å². The lowest BCUT2D eigenvalue weighted by atomic mass is 9.95. The van der Waals surface area contributed by atoms with Gasteiger partial charge < -0.3 is 24.9 Å². The Bertz CT molecular complexity index is 1340. The quantitative estimate of drug-likeness (QED) is 0.345. The number of benzene rings is 3. The highest BCUT2D eigenvalue weighted by Gasteiger charge is 2.37. The van der Waals surface area contributed by atoms with Gasteiger partial charge >= 0.3 is 0 Å². The summed E-state index contributed by atoms with van der Waals surface area (Å²) in [7, 11) is 1.71. The normalized spacial score (nSPS) is 15.1. The lowest BCUT2D eigenvalue weighted by molar-refractivity contribution is 0.0949. The predicted octanol–water partition coefficient (Wildman–Crippen LogP) is 3.91. The number of methoxy groups -OCH3 is 1. The molecule has 35 heavy (non-hydrogen) atoms. The van der Waals surface area contributed by atoms with Gasteiger partial charge in [0.25, 0.3) is 0 Å². The second-order valence-corrected chi connectivity index (χ2v) is 9.27. The molecule has 0 saturated carbocycles. The fourth-order valence-corrected chi connectivity index (χ4v) is 5.07. The first kappa shape index (κ1) is 23.3. The van der Waals surface area contributed by atoms with Gasteiger partial charge in [0.1, 0.15) is 12.4 Å². The lowest BCUT2D eigenvalue weighted by Crippen LogP contribution is -2.51. The van der Waals surface area contributed by atoms with Crippen molar-refractivity contribution in [1.29, 1.82) is 0 Å². The first-order valence-electron chi connectivity index (χ1n) is 11.9. The number of aliphatic hydroxyl groups excluding tert-OH is 1. The van der Waals surface area contributed by atoms with Gasteiger partial charge in [0.2, 0.25) is 5.56 Å². The van der Waals surface area contributed by atoms with Gasteiger partial charge in [-0.3, -0.25) is 4.79 Å². The van der Waals surface area contributed by atoms with Crippen molar-refractivity contribution >= 4 is 10.9 Å². The SMILES string of the molecule is COCC1(NC[C@H](O)c2ccc(OCc3ccccc3)c3[nH]c(=O)ccc23)Cc2ccccc2C1. The van der Waals surface area contributed by atoms with Gasteiger partial charge in [-0.05, 0) is 47.2 Å². The molecule has 0 bridgehead atoms. The van der Waals surface area contributed by atoms with Crippen molar-refractivity contribution in [1.82, 2.24) is 10.3 Å². The summed E-state index contributed by atoms with van der Waals surface area (Å²) in [6.07, 6.45) is 0.928. The molecule has 4 aromatic rings. The number of fused-ring (bicyclic) bond motifs is 2. The van der Waals surface area contributed by atoms with Crippen LogP contribution in [0.15, 0.2) is 83.7 Å². The summed E-state index contributed by atoms with van der Waals surface area (Å²) in [6, 6.07) is 25.2. The molecule has 6 nitrogen and oxygen atoms in total. The number of β-amino-alcohol motifs (C(OH)–C–C–N with tert-alkyl or cyclic N) is 1. The number of rotatable bonds is 9. The van der Waals surface area contributed by atoms with Crippen molar-refractivity contribution in [3.8, 4) is 5.75 Å². The molecular formula is C29H30N2O4. The summed E-state index contributed by atoms with van der Waals surface area (Å²) in [4.78, 5) is 15.0. The summed E-state index contributed by atoms with van der Waals surface area (Å²) < 4.78 is 11.6. The fourth-order valence-electron chi connectivity index (χ4n) is 5.07.